The van der Waals surface area contributed by atoms with Gasteiger partial charge in [0.15, 0.2) is 6.23 Å². The quantitative estimate of drug-likeness (QED) is 0.919. The summed E-state index contributed by atoms with van der Waals surface area (Å²) in [5, 5.41) is 17.8. The second-order valence-electron chi connectivity index (χ2n) is 5.39. The van der Waals surface area contributed by atoms with Crippen LogP contribution in [0, 0.1) is 0 Å². The van der Waals surface area contributed by atoms with E-state index in [0.717, 1.165) is 16.7 Å². The largest absolute Gasteiger partial charge is 0.573 e. The van der Waals surface area contributed by atoms with Crippen LogP contribution in [0.5, 0.6) is 5.75 Å². The third-order valence-electron chi connectivity index (χ3n) is 3.64. The molecule has 1 atom stereocenters. The van der Waals surface area contributed by atoms with Crippen molar-refractivity contribution in [3.63, 3.8) is 0 Å². The number of anilines is 1. The lowest BCUT2D eigenvalue weighted by Gasteiger charge is -2.30. The number of alkyl halides is 3. The van der Waals surface area contributed by atoms with E-state index in [1.807, 2.05) is 6.92 Å². The van der Waals surface area contributed by atoms with Gasteiger partial charge >= 0.3 is 6.36 Å². The maximum atomic E-state index is 12.2. The van der Waals surface area contributed by atoms with E-state index >= 15 is 0 Å². The fourth-order valence-corrected chi connectivity index (χ4v) is 2.51. The molecule has 1 aliphatic heterocycles. The van der Waals surface area contributed by atoms with Gasteiger partial charge in [-0.1, -0.05) is 0 Å². The van der Waals surface area contributed by atoms with Crippen molar-refractivity contribution in [2.45, 2.75) is 19.5 Å². The summed E-state index contributed by atoms with van der Waals surface area (Å²) in [5.74, 6) is -0.322. The predicted octanol–water partition coefficient (Wildman–Crippen LogP) is 3.50. The molecule has 0 saturated carbocycles. The van der Waals surface area contributed by atoms with Gasteiger partial charge in [-0.2, -0.15) is 10.2 Å². The van der Waals surface area contributed by atoms with Crippen molar-refractivity contribution in [1.82, 2.24) is 10.2 Å². The normalized spacial score (nSPS) is 17.8. The van der Waals surface area contributed by atoms with Crippen LogP contribution in [0.4, 0.5) is 18.9 Å². The monoisotopic (exact) mass is 349 g/mol. The number of aromatic nitrogens is 2. The lowest BCUT2D eigenvalue weighted by atomic mass is 9.98. The highest BCUT2D eigenvalue weighted by Gasteiger charge is 2.31. The third kappa shape index (κ3) is 3.97. The van der Waals surface area contributed by atoms with Crippen molar-refractivity contribution in [1.29, 1.82) is 0 Å². The molecule has 2 heterocycles. The van der Waals surface area contributed by atoms with Crippen molar-refractivity contribution in [2.75, 3.05) is 4.90 Å². The molecule has 2 aromatic rings. The average Bonchev–Trinajstić information content (AvgIpc) is 2.55. The molecule has 0 spiro atoms. The molecular formula is C17H14F3N3O2. The van der Waals surface area contributed by atoms with Crippen molar-refractivity contribution >= 4 is 11.3 Å². The van der Waals surface area contributed by atoms with Crippen molar-refractivity contribution < 1.29 is 23.0 Å². The summed E-state index contributed by atoms with van der Waals surface area (Å²) in [7, 11) is 0. The number of allylic oxidation sites excluding steroid dienone is 2. The zero-order valence-corrected chi connectivity index (χ0v) is 13.1. The smallest absolute Gasteiger partial charge is 0.406 e. The first kappa shape index (κ1) is 17.0. The van der Waals surface area contributed by atoms with E-state index in [1.54, 1.807) is 35.6 Å². The average molecular weight is 349 g/mol. The van der Waals surface area contributed by atoms with E-state index in [-0.39, 0.29) is 5.75 Å². The molecule has 1 unspecified atom stereocenters. The van der Waals surface area contributed by atoms with Crippen LogP contribution >= 0.6 is 0 Å². The Morgan fingerprint density at radius 1 is 1.12 bits per heavy atom. The number of aliphatic hydroxyl groups is 1. The SMILES string of the molecule is CC1=CC(O)N(c2ccc(OC(F)(F)F)cc2)C=C1c1ccnnc1. The Balaban J connectivity index is 1.89. The molecule has 0 bridgehead atoms. The standard InChI is InChI=1S/C17H14F3N3O2/c1-11-8-16(24)23(10-15(11)12-6-7-21-22-9-12)13-2-4-14(5-3-13)25-17(18,19)20/h2-10,16,24H,1H3. The third-order valence-corrected chi connectivity index (χ3v) is 3.64. The van der Waals surface area contributed by atoms with Crippen LogP contribution in [0.1, 0.15) is 12.5 Å². The topological polar surface area (TPSA) is 58.5 Å². The van der Waals surface area contributed by atoms with Gasteiger partial charge in [0, 0.05) is 23.0 Å². The first-order valence-corrected chi connectivity index (χ1v) is 7.33. The Morgan fingerprint density at radius 3 is 2.44 bits per heavy atom. The number of aliphatic hydroxyl groups excluding tert-OH is 1. The summed E-state index contributed by atoms with van der Waals surface area (Å²) in [5.41, 5.74) is 3.02. The van der Waals surface area contributed by atoms with Crippen molar-refractivity contribution in [2.24, 2.45) is 0 Å². The molecule has 1 aromatic carbocycles. The van der Waals surface area contributed by atoms with Crippen LogP contribution < -0.4 is 9.64 Å². The van der Waals surface area contributed by atoms with Gasteiger partial charge in [-0.25, -0.2) is 0 Å². The highest BCUT2D eigenvalue weighted by atomic mass is 19.4. The zero-order valence-electron chi connectivity index (χ0n) is 13.1. The van der Waals surface area contributed by atoms with Crippen LogP contribution in [-0.4, -0.2) is 27.9 Å². The molecule has 0 radical (unpaired) electrons. The van der Waals surface area contributed by atoms with Gasteiger partial charge in [-0.3, -0.25) is 0 Å². The minimum absolute atomic E-state index is 0.322. The van der Waals surface area contributed by atoms with E-state index in [4.69, 9.17) is 0 Å². The van der Waals surface area contributed by atoms with E-state index < -0.39 is 12.6 Å². The highest BCUT2D eigenvalue weighted by molar-refractivity contribution is 5.82. The molecule has 1 N–H and O–H groups in total. The van der Waals surface area contributed by atoms with Gasteiger partial charge in [0.05, 0.1) is 12.4 Å². The van der Waals surface area contributed by atoms with Crippen LogP contribution in [-0.2, 0) is 0 Å². The highest BCUT2D eigenvalue weighted by Crippen LogP contribution is 2.32. The molecule has 25 heavy (non-hydrogen) atoms. The summed E-state index contributed by atoms with van der Waals surface area (Å²) in [6.07, 6.45) is 0.842. The maximum Gasteiger partial charge on any atom is 0.573 e. The minimum atomic E-state index is -4.74. The zero-order chi connectivity index (χ0) is 18.0. The molecule has 130 valence electrons. The molecule has 0 amide bonds. The molecule has 0 aliphatic carbocycles. The summed E-state index contributed by atoms with van der Waals surface area (Å²) < 4.78 is 40.6. The van der Waals surface area contributed by atoms with Crippen molar-refractivity contribution in [3.05, 3.63) is 66.1 Å². The van der Waals surface area contributed by atoms with E-state index in [0.29, 0.717) is 5.69 Å². The Kier molecular flexibility index (Phi) is 4.45. The number of halogens is 3. The fourth-order valence-electron chi connectivity index (χ4n) is 2.51. The predicted molar refractivity (Wildman–Crippen MR) is 85.4 cm³/mol. The van der Waals surface area contributed by atoms with Gasteiger partial charge in [-0.15, -0.1) is 13.2 Å². The first-order valence-electron chi connectivity index (χ1n) is 7.33. The maximum absolute atomic E-state index is 12.2. The van der Waals surface area contributed by atoms with E-state index in [1.165, 1.54) is 24.3 Å². The molecule has 1 aliphatic rings. The number of nitrogens with zero attached hydrogens (tertiary/aromatic N) is 3. The molecule has 8 heteroatoms. The van der Waals surface area contributed by atoms with Gasteiger partial charge in [0.25, 0.3) is 0 Å². The number of hydrogen-bond acceptors (Lipinski definition) is 5. The fraction of sp³-hybridized carbons (Fsp3) is 0.176. The second kappa shape index (κ2) is 6.56. The Bertz CT molecular complexity index is 802. The number of rotatable bonds is 3. The molecule has 1 aromatic heterocycles. The van der Waals surface area contributed by atoms with Crippen molar-refractivity contribution in [3.8, 4) is 5.75 Å². The van der Waals surface area contributed by atoms with Crippen LogP contribution in [0.2, 0.25) is 0 Å². The van der Waals surface area contributed by atoms with Crippen LogP contribution in [0.25, 0.3) is 5.57 Å². The van der Waals surface area contributed by atoms with E-state index in [2.05, 4.69) is 14.9 Å². The Labute approximate surface area is 141 Å². The van der Waals surface area contributed by atoms with Gasteiger partial charge < -0.3 is 14.7 Å². The number of benzene rings is 1. The minimum Gasteiger partial charge on any atom is -0.406 e. The summed E-state index contributed by atoms with van der Waals surface area (Å²) in [4.78, 5) is 1.54. The molecule has 5 nitrogen and oxygen atoms in total. The van der Waals surface area contributed by atoms with Crippen LogP contribution in [0.15, 0.2) is 60.6 Å². The first-order chi connectivity index (χ1) is 11.8. The van der Waals surface area contributed by atoms with Gasteiger partial charge in [0.1, 0.15) is 5.75 Å². The summed E-state index contributed by atoms with van der Waals surface area (Å²) >= 11 is 0. The van der Waals surface area contributed by atoms with Gasteiger partial charge in [-0.05, 0) is 48.9 Å². The summed E-state index contributed by atoms with van der Waals surface area (Å²) in [6, 6.07) is 7.06. The van der Waals surface area contributed by atoms with E-state index in [9.17, 15) is 18.3 Å². The molecule has 0 saturated heterocycles. The number of hydrogen-bond donors (Lipinski definition) is 1. The Morgan fingerprint density at radius 2 is 1.84 bits per heavy atom. The van der Waals surface area contributed by atoms with Gasteiger partial charge in [0.2, 0.25) is 0 Å². The molecule has 3 rings (SSSR count). The molecule has 0 fully saturated rings. The molecular weight excluding hydrogens is 335 g/mol. The lowest BCUT2D eigenvalue weighted by Crippen LogP contribution is -2.31. The van der Waals surface area contributed by atoms with Crippen LogP contribution in [0.3, 0.4) is 0 Å². The number of ether oxygens (including phenoxy) is 1. The summed E-state index contributed by atoms with van der Waals surface area (Å²) in [6.45, 7) is 1.85. The second-order valence-corrected chi connectivity index (χ2v) is 5.39. The lowest BCUT2D eigenvalue weighted by molar-refractivity contribution is -0.274. The Hall–Kier alpha value is -2.87.